The molecular formula is C12H20N2O. The molecule has 3 nitrogen and oxygen atoms in total. The van der Waals surface area contributed by atoms with Gasteiger partial charge in [-0.05, 0) is 37.3 Å². The van der Waals surface area contributed by atoms with E-state index < -0.39 is 0 Å². The summed E-state index contributed by atoms with van der Waals surface area (Å²) in [5.74, 6) is 0. The number of furan rings is 1. The molecule has 1 aliphatic heterocycles. The Hall–Kier alpha value is -0.800. The van der Waals surface area contributed by atoms with E-state index in [9.17, 15) is 0 Å². The van der Waals surface area contributed by atoms with Gasteiger partial charge in [-0.15, -0.1) is 0 Å². The van der Waals surface area contributed by atoms with E-state index in [4.69, 9.17) is 10.2 Å². The predicted molar refractivity (Wildman–Crippen MR) is 60.4 cm³/mol. The lowest BCUT2D eigenvalue weighted by Gasteiger charge is -2.19. The minimum Gasteiger partial charge on any atom is -0.472 e. The van der Waals surface area contributed by atoms with Gasteiger partial charge in [-0.1, -0.05) is 12.8 Å². The smallest absolute Gasteiger partial charge is 0.0934 e. The van der Waals surface area contributed by atoms with Crippen LogP contribution in [0.3, 0.4) is 0 Å². The monoisotopic (exact) mass is 208 g/mol. The zero-order valence-electron chi connectivity index (χ0n) is 9.11. The van der Waals surface area contributed by atoms with Crippen LogP contribution in [-0.4, -0.2) is 12.2 Å². The molecule has 0 radical (unpaired) electrons. The van der Waals surface area contributed by atoms with Crippen molar-refractivity contribution in [3.05, 3.63) is 24.2 Å². The molecule has 15 heavy (non-hydrogen) atoms. The van der Waals surface area contributed by atoms with Crippen LogP contribution in [-0.2, 0) is 6.42 Å². The van der Waals surface area contributed by atoms with E-state index in [0.29, 0.717) is 6.04 Å². The number of aryl methyl sites for hydroxylation is 1. The molecule has 0 bridgehead atoms. The Morgan fingerprint density at radius 2 is 2.27 bits per heavy atom. The van der Waals surface area contributed by atoms with Gasteiger partial charge in [0, 0.05) is 6.04 Å². The van der Waals surface area contributed by atoms with Crippen molar-refractivity contribution in [2.45, 2.75) is 50.7 Å². The molecule has 1 aliphatic rings. The average molecular weight is 208 g/mol. The fraction of sp³-hybridized carbons (Fsp3) is 0.667. The van der Waals surface area contributed by atoms with E-state index in [1.54, 1.807) is 6.26 Å². The summed E-state index contributed by atoms with van der Waals surface area (Å²) >= 11 is 0. The SMILES string of the molecule is NC1CCCCC(CCc2ccoc2)N1. The van der Waals surface area contributed by atoms with Crippen LogP contribution in [0.2, 0.25) is 0 Å². The third kappa shape index (κ3) is 3.36. The number of nitrogens with one attached hydrogen (secondary N) is 1. The van der Waals surface area contributed by atoms with Gasteiger partial charge in [0.2, 0.25) is 0 Å². The molecule has 2 atom stereocenters. The minimum absolute atomic E-state index is 0.196. The molecule has 1 saturated heterocycles. The Kier molecular flexibility index (Phi) is 3.80. The Labute approximate surface area is 91.0 Å². The van der Waals surface area contributed by atoms with E-state index in [2.05, 4.69) is 5.32 Å². The highest BCUT2D eigenvalue weighted by atomic mass is 16.3. The second-order valence-electron chi connectivity index (χ2n) is 4.42. The van der Waals surface area contributed by atoms with Crippen molar-refractivity contribution >= 4 is 0 Å². The quantitative estimate of drug-likeness (QED) is 0.799. The van der Waals surface area contributed by atoms with Gasteiger partial charge in [0.05, 0.1) is 18.7 Å². The van der Waals surface area contributed by atoms with Gasteiger partial charge in [-0.3, -0.25) is 5.32 Å². The summed E-state index contributed by atoms with van der Waals surface area (Å²) in [5, 5.41) is 3.49. The summed E-state index contributed by atoms with van der Waals surface area (Å²) < 4.78 is 5.06. The topological polar surface area (TPSA) is 51.2 Å². The lowest BCUT2D eigenvalue weighted by molar-refractivity contribution is 0.416. The first kappa shape index (κ1) is 10.7. The first-order valence-electron chi connectivity index (χ1n) is 5.87. The van der Waals surface area contributed by atoms with E-state index >= 15 is 0 Å². The molecular weight excluding hydrogens is 188 g/mol. The van der Waals surface area contributed by atoms with Gasteiger partial charge in [-0.25, -0.2) is 0 Å². The summed E-state index contributed by atoms with van der Waals surface area (Å²) in [7, 11) is 0. The molecule has 3 heteroatoms. The normalized spacial score (nSPS) is 27.5. The standard InChI is InChI=1S/C12H20N2O/c13-12-4-2-1-3-11(14-12)6-5-10-7-8-15-9-10/h7-9,11-12,14H,1-6,13H2. The molecule has 2 rings (SSSR count). The summed E-state index contributed by atoms with van der Waals surface area (Å²) in [6.45, 7) is 0. The maximum absolute atomic E-state index is 5.94. The summed E-state index contributed by atoms with van der Waals surface area (Å²) in [6, 6.07) is 2.62. The molecule has 1 aromatic heterocycles. The predicted octanol–water partition coefficient (Wildman–Crippen LogP) is 2.03. The maximum Gasteiger partial charge on any atom is 0.0934 e. The van der Waals surface area contributed by atoms with Crippen molar-refractivity contribution < 1.29 is 4.42 Å². The highest BCUT2D eigenvalue weighted by Crippen LogP contribution is 2.15. The maximum atomic E-state index is 5.94. The lowest BCUT2D eigenvalue weighted by Crippen LogP contribution is -2.42. The van der Waals surface area contributed by atoms with E-state index in [1.165, 1.54) is 24.8 Å². The molecule has 0 spiro atoms. The van der Waals surface area contributed by atoms with Gasteiger partial charge in [-0.2, -0.15) is 0 Å². The average Bonchev–Trinajstić information content (AvgIpc) is 2.65. The van der Waals surface area contributed by atoms with Crippen LogP contribution in [0.1, 0.15) is 37.7 Å². The number of rotatable bonds is 3. The Balaban J connectivity index is 1.78. The summed E-state index contributed by atoms with van der Waals surface area (Å²) in [6.07, 6.45) is 10.9. The first-order chi connectivity index (χ1) is 7.34. The molecule has 3 N–H and O–H groups in total. The van der Waals surface area contributed by atoms with Crippen molar-refractivity contribution in [3.63, 3.8) is 0 Å². The zero-order chi connectivity index (χ0) is 10.5. The Bertz CT molecular complexity index is 271. The molecule has 0 aromatic carbocycles. The van der Waals surface area contributed by atoms with Gasteiger partial charge in [0.15, 0.2) is 0 Å². The fourth-order valence-corrected chi connectivity index (χ4v) is 2.23. The summed E-state index contributed by atoms with van der Waals surface area (Å²) in [4.78, 5) is 0. The number of hydrogen-bond acceptors (Lipinski definition) is 3. The minimum atomic E-state index is 0.196. The second kappa shape index (κ2) is 5.33. The van der Waals surface area contributed by atoms with Crippen LogP contribution in [0.15, 0.2) is 23.0 Å². The first-order valence-corrected chi connectivity index (χ1v) is 5.87. The lowest BCUT2D eigenvalue weighted by atomic mass is 10.0. The van der Waals surface area contributed by atoms with Crippen molar-refractivity contribution in [2.24, 2.45) is 5.73 Å². The number of hydrogen-bond donors (Lipinski definition) is 2. The third-order valence-electron chi connectivity index (χ3n) is 3.13. The fourth-order valence-electron chi connectivity index (χ4n) is 2.23. The molecule has 0 saturated carbocycles. The van der Waals surface area contributed by atoms with Crippen molar-refractivity contribution in [3.8, 4) is 0 Å². The molecule has 0 amide bonds. The molecule has 1 fully saturated rings. The van der Waals surface area contributed by atoms with Crippen LogP contribution in [0.4, 0.5) is 0 Å². The summed E-state index contributed by atoms with van der Waals surface area (Å²) in [5.41, 5.74) is 7.23. The molecule has 0 aliphatic carbocycles. The third-order valence-corrected chi connectivity index (χ3v) is 3.13. The Morgan fingerprint density at radius 1 is 1.40 bits per heavy atom. The van der Waals surface area contributed by atoms with Crippen LogP contribution in [0.25, 0.3) is 0 Å². The second-order valence-corrected chi connectivity index (χ2v) is 4.42. The van der Waals surface area contributed by atoms with Crippen molar-refractivity contribution in [1.82, 2.24) is 5.32 Å². The zero-order valence-corrected chi connectivity index (χ0v) is 9.11. The van der Waals surface area contributed by atoms with Gasteiger partial charge in [0.1, 0.15) is 0 Å². The highest BCUT2D eigenvalue weighted by molar-refractivity contribution is 5.05. The van der Waals surface area contributed by atoms with Crippen LogP contribution >= 0.6 is 0 Å². The van der Waals surface area contributed by atoms with E-state index in [1.807, 2.05) is 12.3 Å². The molecule has 1 aromatic rings. The van der Waals surface area contributed by atoms with Gasteiger partial charge in [0.25, 0.3) is 0 Å². The number of nitrogens with two attached hydrogens (primary N) is 1. The highest BCUT2D eigenvalue weighted by Gasteiger charge is 2.15. The molecule has 2 heterocycles. The van der Waals surface area contributed by atoms with Gasteiger partial charge >= 0.3 is 0 Å². The largest absolute Gasteiger partial charge is 0.472 e. The molecule has 84 valence electrons. The van der Waals surface area contributed by atoms with Crippen molar-refractivity contribution in [2.75, 3.05) is 0 Å². The van der Waals surface area contributed by atoms with Crippen LogP contribution in [0, 0.1) is 0 Å². The van der Waals surface area contributed by atoms with Crippen LogP contribution in [0.5, 0.6) is 0 Å². The molecule has 2 unspecified atom stereocenters. The van der Waals surface area contributed by atoms with E-state index in [0.717, 1.165) is 19.3 Å². The van der Waals surface area contributed by atoms with Gasteiger partial charge < -0.3 is 10.2 Å². The van der Waals surface area contributed by atoms with Crippen LogP contribution < -0.4 is 11.1 Å². The Morgan fingerprint density at radius 3 is 3.07 bits per heavy atom. The van der Waals surface area contributed by atoms with E-state index in [-0.39, 0.29) is 6.17 Å². The van der Waals surface area contributed by atoms with Crippen molar-refractivity contribution in [1.29, 1.82) is 0 Å².